The summed E-state index contributed by atoms with van der Waals surface area (Å²) in [4.78, 5) is 18.7. The first-order chi connectivity index (χ1) is 12.0. The summed E-state index contributed by atoms with van der Waals surface area (Å²) in [6, 6.07) is 0. The number of esters is 1. The fraction of sp³-hybridized carbons (Fsp3) is 0.722. The van der Waals surface area contributed by atoms with E-state index in [0.717, 1.165) is 57.1 Å². The lowest BCUT2D eigenvalue weighted by Gasteiger charge is -2.33. The van der Waals surface area contributed by atoms with Crippen LogP contribution < -0.4 is 5.32 Å². The van der Waals surface area contributed by atoms with Crippen molar-refractivity contribution in [2.24, 2.45) is 18.0 Å². The van der Waals surface area contributed by atoms with E-state index in [9.17, 15) is 4.79 Å². The van der Waals surface area contributed by atoms with Crippen LogP contribution in [0.1, 0.15) is 36.7 Å². The zero-order valence-electron chi connectivity index (χ0n) is 16.1. The Hall–Kier alpha value is -2.05. The number of hydrogen-bond acceptors (Lipinski definition) is 4. The van der Waals surface area contributed by atoms with Crippen molar-refractivity contribution in [3.05, 3.63) is 17.0 Å². The fourth-order valence-corrected chi connectivity index (χ4v) is 3.37. The van der Waals surface area contributed by atoms with Gasteiger partial charge in [0.25, 0.3) is 0 Å². The summed E-state index contributed by atoms with van der Waals surface area (Å²) in [5.74, 6) is 0.860. The van der Waals surface area contributed by atoms with Gasteiger partial charge >= 0.3 is 5.97 Å². The number of nitrogens with one attached hydrogen (secondary N) is 1. The van der Waals surface area contributed by atoms with E-state index >= 15 is 0 Å². The molecule has 0 amide bonds. The standard InChI is InChI=1S/C18H31N5O2/c1-6-19-18(23-11-8-15(9-12-23)17(24)25-5)20-10-7-16-13(2)21-22(4)14(16)3/h15H,6-12H2,1-5H3,(H,19,20). The van der Waals surface area contributed by atoms with Crippen molar-refractivity contribution in [3.63, 3.8) is 0 Å². The van der Waals surface area contributed by atoms with Crippen LogP contribution in [0.4, 0.5) is 0 Å². The van der Waals surface area contributed by atoms with Gasteiger partial charge in [-0.1, -0.05) is 0 Å². The van der Waals surface area contributed by atoms with Crippen molar-refractivity contribution in [2.45, 2.75) is 40.0 Å². The molecule has 0 aromatic carbocycles. The average Bonchev–Trinajstić information content (AvgIpc) is 2.86. The summed E-state index contributed by atoms with van der Waals surface area (Å²) in [5.41, 5.74) is 3.57. The number of aliphatic imine (C=N–C) groups is 1. The Kier molecular flexibility index (Phi) is 6.84. The molecule has 7 heteroatoms. The van der Waals surface area contributed by atoms with Crippen LogP contribution in [0.25, 0.3) is 0 Å². The Morgan fingerprint density at radius 3 is 2.56 bits per heavy atom. The topological polar surface area (TPSA) is 71.8 Å². The SMILES string of the molecule is CCNC(=NCCc1c(C)nn(C)c1C)N1CCC(C(=O)OC)CC1. The molecule has 25 heavy (non-hydrogen) atoms. The monoisotopic (exact) mass is 349 g/mol. The van der Waals surface area contributed by atoms with Crippen LogP contribution in [0.2, 0.25) is 0 Å². The predicted molar refractivity (Wildman–Crippen MR) is 98.7 cm³/mol. The molecule has 1 aliphatic rings. The first-order valence-corrected chi connectivity index (χ1v) is 9.08. The lowest BCUT2D eigenvalue weighted by molar-refractivity contribution is -0.146. The predicted octanol–water partition coefficient (Wildman–Crippen LogP) is 1.43. The van der Waals surface area contributed by atoms with E-state index < -0.39 is 0 Å². The molecule has 0 aliphatic carbocycles. The van der Waals surface area contributed by atoms with Crippen LogP contribution in [-0.2, 0) is 23.0 Å². The van der Waals surface area contributed by atoms with Crippen molar-refractivity contribution in [2.75, 3.05) is 33.3 Å². The van der Waals surface area contributed by atoms with Gasteiger partial charge in [-0.15, -0.1) is 0 Å². The van der Waals surface area contributed by atoms with Crippen LogP contribution >= 0.6 is 0 Å². The lowest BCUT2D eigenvalue weighted by atomic mass is 9.97. The zero-order chi connectivity index (χ0) is 18.4. The third kappa shape index (κ3) is 4.74. The smallest absolute Gasteiger partial charge is 0.308 e. The highest BCUT2D eigenvalue weighted by Crippen LogP contribution is 2.18. The van der Waals surface area contributed by atoms with Crippen molar-refractivity contribution in [1.29, 1.82) is 0 Å². The summed E-state index contributed by atoms with van der Waals surface area (Å²) in [5, 5.41) is 7.84. The largest absolute Gasteiger partial charge is 0.469 e. The van der Waals surface area contributed by atoms with Gasteiger partial charge in [0.05, 0.1) is 18.7 Å². The molecule has 1 saturated heterocycles. The molecule has 2 rings (SSSR count). The highest BCUT2D eigenvalue weighted by atomic mass is 16.5. The first-order valence-electron chi connectivity index (χ1n) is 9.08. The van der Waals surface area contributed by atoms with Gasteiger partial charge < -0.3 is 15.0 Å². The molecule has 0 atom stereocenters. The summed E-state index contributed by atoms with van der Waals surface area (Å²) in [6.07, 6.45) is 2.52. The van der Waals surface area contributed by atoms with Crippen LogP contribution in [0.15, 0.2) is 4.99 Å². The van der Waals surface area contributed by atoms with E-state index in [2.05, 4.69) is 36.1 Å². The summed E-state index contributed by atoms with van der Waals surface area (Å²) >= 11 is 0. The normalized spacial score (nSPS) is 16.2. The first kappa shape index (κ1) is 19.3. The van der Waals surface area contributed by atoms with Gasteiger partial charge in [0.2, 0.25) is 0 Å². The fourth-order valence-electron chi connectivity index (χ4n) is 3.37. The molecule has 0 saturated carbocycles. The van der Waals surface area contributed by atoms with Crippen LogP contribution in [0, 0.1) is 19.8 Å². The third-order valence-corrected chi connectivity index (χ3v) is 4.95. The Morgan fingerprint density at radius 2 is 2.04 bits per heavy atom. The molecule has 7 nitrogen and oxygen atoms in total. The highest BCUT2D eigenvalue weighted by molar-refractivity contribution is 5.80. The highest BCUT2D eigenvalue weighted by Gasteiger charge is 2.26. The van der Waals surface area contributed by atoms with Gasteiger partial charge in [-0.3, -0.25) is 14.5 Å². The Bertz CT molecular complexity index is 615. The Labute approximate surface area is 150 Å². The van der Waals surface area contributed by atoms with Gasteiger partial charge in [0, 0.05) is 38.9 Å². The number of piperidine rings is 1. The van der Waals surface area contributed by atoms with Gasteiger partial charge in [-0.05, 0) is 45.6 Å². The summed E-state index contributed by atoms with van der Waals surface area (Å²) in [6.45, 7) is 9.45. The molecule has 0 radical (unpaired) electrons. The number of rotatable bonds is 5. The maximum atomic E-state index is 11.7. The zero-order valence-corrected chi connectivity index (χ0v) is 16.1. The molecule has 140 valence electrons. The Morgan fingerprint density at radius 1 is 1.36 bits per heavy atom. The molecule has 0 spiro atoms. The van der Waals surface area contributed by atoms with Crippen molar-refractivity contribution < 1.29 is 9.53 Å². The molecular weight excluding hydrogens is 318 g/mol. The van der Waals surface area contributed by atoms with Crippen molar-refractivity contribution in [1.82, 2.24) is 20.0 Å². The minimum atomic E-state index is -0.0934. The van der Waals surface area contributed by atoms with E-state index in [1.54, 1.807) is 0 Å². The molecule has 1 aromatic heterocycles. The minimum Gasteiger partial charge on any atom is -0.469 e. The molecule has 0 bridgehead atoms. The maximum Gasteiger partial charge on any atom is 0.308 e. The number of methoxy groups -OCH3 is 1. The van der Waals surface area contributed by atoms with E-state index in [0.29, 0.717) is 0 Å². The van der Waals surface area contributed by atoms with Crippen molar-refractivity contribution in [3.8, 4) is 0 Å². The lowest BCUT2D eigenvalue weighted by Crippen LogP contribution is -2.46. The van der Waals surface area contributed by atoms with Crippen LogP contribution in [0.5, 0.6) is 0 Å². The quantitative estimate of drug-likeness (QED) is 0.495. The number of carbonyl (C=O) groups excluding carboxylic acids is 1. The molecule has 1 aromatic rings. The number of likely N-dealkylation sites (tertiary alicyclic amines) is 1. The maximum absolute atomic E-state index is 11.7. The van der Waals surface area contributed by atoms with Gasteiger partial charge in [-0.25, -0.2) is 0 Å². The summed E-state index contributed by atoms with van der Waals surface area (Å²) in [7, 11) is 3.44. The second-order valence-corrected chi connectivity index (χ2v) is 6.54. The number of nitrogens with zero attached hydrogens (tertiary/aromatic N) is 4. The number of aromatic nitrogens is 2. The van der Waals surface area contributed by atoms with E-state index in [1.165, 1.54) is 18.4 Å². The third-order valence-electron chi connectivity index (χ3n) is 4.95. The van der Waals surface area contributed by atoms with Crippen LogP contribution in [0.3, 0.4) is 0 Å². The van der Waals surface area contributed by atoms with Gasteiger partial charge in [0.1, 0.15) is 0 Å². The molecular formula is C18H31N5O2. The molecule has 1 fully saturated rings. The number of carbonyl (C=O) groups is 1. The molecule has 2 heterocycles. The average molecular weight is 349 g/mol. The van der Waals surface area contributed by atoms with Crippen LogP contribution in [-0.4, -0.2) is 59.9 Å². The second kappa shape index (κ2) is 8.87. The Balaban J connectivity index is 1.96. The number of guanidine groups is 1. The van der Waals surface area contributed by atoms with Crippen molar-refractivity contribution >= 4 is 11.9 Å². The van der Waals surface area contributed by atoms with Gasteiger partial charge in [-0.2, -0.15) is 5.10 Å². The molecule has 0 unspecified atom stereocenters. The second-order valence-electron chi connectivity index (χ2n) is 6.54. The minimum absolute atomic E-state index is 0.0184. The number of hydrogen-bond donors (Lipinski definition) is 1. The van der Waals surface area contributed by atoms with E-state index in [4.69, 9.17) is 9.73 Å². The van der Waals surface area contributed by atoms with E-state index in [-0.39, 0.29) is 11.9 Å². The molecule has 1 aliphatic heterocycles. The van der Waals surface area contributed by atoms with Gasteiger partial charge in [0.15, 0.2) is 5.96 Å². The molecule has 1 N–H and O–H groups in total. The number of aryl methyl sites for hydroxylation is 2. The summed E-state index contributed by atoms with van der Waals surface area (Å²) < 4.78 is 6.79. The van der Waals surface area contributed by atoms with E-state index in [1.807, 2.05) is 11.7 Å². The number of ether oxygens (including phenoxy) is 1.